The number of aromatic hydroxyl groups is 1. The third-order valence-corrected chi connectivity index (χ3v) is 6.78. The van der Waals surface area contributed by atoms with Gasteiger partial charge in [0.15, 0.2) is 6.29 Å². The van der Waals surface area contributed by atoms with Crippen LogP contribution >= 0.6 is 11.8 Å². The van der Waals surface area contributed by atoms with Crippen LogP contribution in [0.15, 0.2) is 78.0 Å². The summed E-state index contributed by atoms with van der Waals surface area (Å²) in [6.45, 7) is -0.00412. The van der Waals surface area contributed by atoms with Gasteiger partial charge in [-0.15, -0.1) is 5.10 Å². The quantitative estimate of drug-likeness (QED) is 0.261. The second kappa shape index (κ2) is 10.4. The van der Waals surface area contributed by atoms with Crippen molar-refractivity contribution in [2.24, 2.45) is 0 Å². The van der Waals surface area contributed by atoms with Gasteiger partial charge < -0.3 is 25.4 Å². The number of aliphatic hydroxyl groups excluding tert-OH is 1. The number of thioether (sulfide) groups is 1. The molecule has 1 saturated heterocycles. The first-order valence-electron chi connectivity index (χ1n) is 11.2. The van der Waals surface area contributed by atoms with Crippen LogP contribution in [0.4, 0.5) is 5.69 Å². The summed E-state index contributed by atoms with van der Waals surface area (Å²) in [4.78, 5) is 0. The lowest BCUT2D eigenvalue weighted by Crippen LogP contribution is -2.31. The summed E-state index contributed by atoms with van der Waals surface area (Å²) in [5.41, 5.74) is 10.1. The summed E-state index contributed by atoms with van der Waals surface area (Å²) in [5.74, 6) is 0.781. The molecule has 0 aliphatic carbocycles. The molecule has 10 heteroatoms. The highest BCUT2D eigenvalue weighted by Gasteiger charge is 2.32. The lowest BCUT2D eigenvalue weighted by atomic mass is 10.0. The number of benzene rings is 3. The van der Waals surface area contributed by atoms with Gasteiger partial charge in [-0.2, -0.15) is 4.68 Å². The third kappa shape index (κ3) is 5.46. The molecule has 0 spiro atoms. The van der Waals surface area contributed by atoms with Gasteiger partial charge in [0.2, 0.25) is 5.16 Å². The standard InChI is InChI=1S/C25H25N5O4S/c26-19-3-1-2-18(12-19)24-33-22(13-23(34-24)17-6-4-16(14-31)5-7-17)15-35-25-27-28-29-30(25)20-8-10-21(32)11-9-20/h1-12,22-24,31-32H,13-15,26H2/t22-,23+,24?/m0/s1. The molecule has 1 unspecified atom stereocenters. The van der Waals surface area contributed by atoms with E-state index in [0.717, 1.165) is 22.4 Å². The molecule has 0 radical (unpaired) electrons. The zero-order valence-electron chi connectivity index (χ0n) is 18.8. The van der Waals surface area contributed by atoms with Gasteiger partial charge in [-0.25, -0.2) is 0 Å². The fourth-order valence-electron chi connectivity index (χ4n) is 3.92. The van der Waals surface area contributed by atoms with Gasteiger partial charge in [0.05, 0.1) is 24.5 Å². The molecule has 1 aliphatic rings. The van der Waals surface area contributed by atoms with Crippen LogP contribution in [0.2, 0.25) is 0 Å². The number of tetrazole rings is 1. The van der Waals surface area contributed by atoms with E-state index in [9.17, 15) is 10.2 Å². The first-order valence-corrected chi connectivity index (χ1v) is 12.1. The Labute approximate surface area is 206 Å². The van der Waals surface area contributed by atoms with Crippen LogP contribution in [-0.4, -0.2) is 42.3 Å². The van der Waals surface area contributed by atoms with Crippen LogP contribution < -0.4 is 5.73 Å². The molecule has 1 fully saturated rings. The molecule has 3 aromatic carbocycles. The minimum atomic E-state index is -0.575. The van der Waals surface area contributed by atoms with Crippen molar-refractivity contribution in [1.82, 2.24) is 20.2 Å². The Morgan fingerprint density at radius 3 is 2.54 bits per heavy atom. The maximum Gasteiger partial charge on any atom is 0.214 e. The Morgan fingerprint density at radius 1 is 1.00 bits per heavy atom. The molecule has 0 saturated carbocycles. The lowest BCUT2D eigenvalue weighted by Gasteiger charge is -2.36. The van der Waals surface area contributed by atoms with E-state index in [-0.39, 0.29) is 24.6 Å². The van der Waals surface area contributed by atoms with Crippen molar-refractivity contribution in [3.8, 4) is 11.4 Å². The SMILES string of the molecule is Nc1cccc(C2O[C@H](CSc3nnnn3-c3ccc(O)cc3)C[C@H](c3ccc(CO)cc3)O2)c1. The number of nitrogens with two attached hydrogens (primary N) is 1. The van der Waals surface area contributed by atoms with Crippen molar-refractivity contribution in [1.29, 1.82) is 0 Å². The van der Waals surface area contributed by atoms with E-state index in [1.807, 2.05) is 48.5 Å². The number of phenols is 1. The summed E-state index contributed by atoms with van der Waals surface area (Å²) in [5, 5.41) is 31.6. The molecule has 3 atom stereocenters. The molecule has 5 rings (SSSR count). The largest absolute Gasteiger partial charge is 0.508 e. The molecule has 4 N–H and O–H groups in total. The Bertz CT molecular complexity index is 1270. The topological polar surface area (TPSA) is 129 Å². The Balaban J connectivity index is 1.35. The van der Waals surface area contributed by atoms with Gasteiger partial charge in [0.1, 0.15) is 5.75 Å². The summed E-state index contributed by atoms with van der Waals surface area (Å²) < 4.78 is 14.3. The Morgan fingerprint density at radius 2 is 1.80 bits per heavy atom. The molecule has 35 heavy (non-hydrogen) atoms. The second-order valence-electron chi connectivity index (χ2n) is 8.22. The molecular weight excluding hydrogens is 466 g/mol. The molecule has 180 valence electrons. The van der Waals surface area contributed by atoms with E-state index in [2.05, 4.69) is 15.5 Å². The first-order chi connectivity index (χ1) is 17.1. The number of hydrogen-bond donors (Lipinski definition) is 3. The molecule has 0 amide bonds. The summed E-state index contributed by atoms with van der Waals surface area (Å²) in [6.07, 6.45) is -0.270. The molecule has 0 bridgehead atoms. The van der Waals surface area contributed by atoms with E-state index in [1.165, 1.54) is 11.8 Å². The number of anilines is 1. The van der Waals surface area contributed by atoms with Crippen molar-refractivity contribution in [2.45, 2.75) is 36.7 Å². The molecule has 1 aromatic heterocycles. The number of nitrogens with zero attached hydrogens (tertiary/aromatic N) is 4. The van der Waals surface area contributed by atoms with Gasteiger partial charge in [-0.3, -0.25) is 0 Å². The second-order valence-corrected chi connectivity index (χ2v) is 9.21. The number of aromatic nitrogens is 4. The van der Waals surface area contributed by atoms with Gasteiger partial charge >= 0.3 is 0 Å². The molecule has 1 aliphatic heterocycles. The average Bonchev–Trinajstić information content (AvgIpc) is 3.36. The predicted octanol–water partition coefficient (Wildman–Crippen LogP) is 3.78. The molecule has 4 aromatic rings. The van der Waals surface area contributed by atoms with Gasteiger partial charge in [-0.05, 0) is 58.0 Å². The van der Waals surface area contributed by atoms with Gasteiger partial charge in [-0.1, -0.05) is 48.2 Å². The van der Waals surface area contributed by atoms with Crippen LogP contribution in [0, 0.1) is 0 Å². The van der Waals surface area contributed by atoms with Gasteiger partial charge in [0, 0.05) is 23.4 Å². The Hall–Kier alpha value is -3.44. The van der Waals surface area contributed by atoms with E-state index in [1.54, 1.807) is 28.9 Å². The normalized spacial score (nSPS) is 20.1. The monoisotopic (exact) mass is 491 g/mol. The summed E-state index contributed by atoms with van der Waals surface area (Å²) in [6, 6.07) is 22.0. The minimum absolute atomic E-state index is 0.00412. The van der Waals surface area contributed by atoms with Crippen LogP contribution in [-0.2, 0) is 16.1 Å². The van der Waals surface area contributed by atoms with Gasteiger partial charge in [0.25, 0.3) is 0 Å². The van der Waals surface area contributed by atoms with E-state index in [4.69, 9.17) is 15.2 Å². The van der Waals surface area contributed by atoms with Crippen LogP contribution in [0.5, 0.6) is 5.75 Å². The number of rotatable bonds is 7. The summed E-state index contributed by atoms with van der Waals surface area (Å²) >= 11 is 1.49. The first kappa shape index (κ1) is 23.3. The minimum Gasteiger partial charge on any atom is -0.508 e. The summed E-state index contributed by atoms with van der Waals surface area (Å²) in [7, 11) is 0. The highest BCUT2D eigenvalue weighted by molar-refractivity contribution is 7.99. The van der Waals surface area contributed by atoms with Crippen molar-refractivity contribution in [3.05, 3.63) is 89.5 Å². The fourth-order valence-corrected chi connectivity index (χ4v) is 4.83. The lowest BCUT2D eigenvalue weighted by molar-refractivity contribution is -0.245. The smallest absolute Gasteiger partial charge is 0.214 e. The van der Waals surface area contributed by atoms with Crippen molar-refractivity contribution < 1.29 is 19.7 Å². The number of phenolic OH excluding ortho intramolecular Hbond substituents is 1. The van der Waals surface area contributed by atoms with E-state index >= 15 is 0 Å². The zero-order valence-corrected chi connectivity index (χ0v) is 19.6. The van der Waals surface area contributed by atoms with Crippen molar-refractivity contribution >= 4 is 17.4 Å². The molecule has 2 heterocycles. The highest BCUT2D eigenvalue weighted by Crippen LogP contribution is 2.39. The molecule has 9 nitrogen and oxygen atoms in total. The predicted molar refractivity (Wildman–Crippen MR) is 131 cm³/mol. The molecular formula is C25H25N5O4S. The van der Waals surface area contributed by atoms with Crippen LogP contribution in [0.3, 0.4) is 0 Å². The Kier molecular flexibility index (Phi) is 6.96. The number of ether oxygens (including phenoxy) is 2. The number of hydrogen-bond acceptors (Lipinski definition) is 9. The number of nitrogen functional groups attached to an aromatic ring is 1. The van der Waals surface area contributed by atoms with Crippen molar-refractivity contribution in [3.63, 3.8) is 0 Å². The van der Waals surface area contributed by atoms with Crippen LogP contribution in [0.25, 0.3) is 5.69 Å². The maximum absolute atomic E-state index is 9.57. The van der Waals surface area contributed by atoms with Crippen LogP contribution in [0.1, 0.15) is 35.5 Å². The number of aliphatic hydroxyl groups is 1. The third-order valence-electron chi connectivity index (χ3n) is 5.73. The van der Waals surface area contributed by atoms with E-state index in [0.29, 0.717) is 23.0 Å². The fraction of sp³-hybridized carbons (Fsp3) is 0.240. The van der Waals surface area contributed by atoms with Crippen molar-refractivity contribution in [2.75, 3.05) is 11.5 Å². The highest BCUT2D eigenvalue weighted by atomic mass is 32.2. The maximum atomic E-state index is 9.57. The zero-order chi connectivity index (χ0) is 24.2. The average molecular weight is 492 g/mol. The van der Waals surface area contributed by atoms with E-state index < -0.39 is 6.29 Å².